The van der Waals surface area contributed by atoms with Crippen molar-refractivity contribution in [3.05, 3.63) is 27.2 Å². The third kappa shape index (κ3) is 2.44. The van der Waals surface area contributed by atoms with Crippen molar-refractivity contribution in [2.24, 2.45) is 5.73 Å². The lowest BCUT2D eigenvalue weighted by molar-refractivity contribution is -0.117. The minimum atomic E-state index is -0.673. The Morgan fingerprint density at radius 3 is 2.62 bits per heavy atom. The highest BCUT2D eigenvalue weighted by Crippen LogP contribution is 2.04. The molecule has 0 spiro atoms. The van der Waals surface area contributed by atoms with Crippen molar-refractivity contribution in [3.8, 4) is 0 Å². The van der Waals surface area contributed by atoms with Crippen molar-refractivity contribution in [2.45, 2.75) is 13.8 Å². The van der Waals surface area contributed by atoms with E-state index in [9.17, 15) is 14.4 Å². The molecule has 0 aromatic carbocycles. The summed E-state index contributed by atoms with van der Waals surface area (Å²) in [6.07, 6.45) is 0. The van der Waals surface area contributed by atoms with E-state index in [1.807, 2.05) is 0 Å². The lowest BCUT2D eigenvalue weighted by atomic mass is 10.1. The first kappa shape index (κ1) is 11.9. The summed E-state index contributed by atoms with van der Waals surface area (Å²) in [6, 6.07) is 0. The molecule has 0 aliphatic heterocycles. The zero-order valence-electron chi connectivity index (χ0n) is 8.96. The molecule has 86 valence electrons. The molecule has 2 amide bonds. The van der Waals surface area contributed by atoms with Crippen LogP contribution in [0.25, 0.3) is 0 Å². The quantitative estimate of drug-likeness (QED) is 0.585. The molecule has 0 radical (unpaired) electrons. The average Bonchev–Trinajstić information content (AvgIpc) is 2.21. The summed E-state index contributed by atoms with van der Waals surface area (Å²) in [5, 5.41) is 8.15. The largest absolute Gasteiger partial charge is 0.368 e. The van der Waals surface area contributed by atoms with Crippen LogP contribution in [0.3, 0.4) is 0 Å². The fourth-order valence-corrected chi connectivity index (χ4v) is 1.15. The second kappa shape index (κ2) is 4.56. The Kier molecular flexibility index (Phi) is 3.39. The van der Waals surface area contributed by atoms with E-state index in [0.717, 1.165) is 0 Å². The number of aromatic nitrogens is 2. The second-order valence-corrected chi connectivity index (χ2v) is 3.29. The molecule has 0 atom stereocenters. The topological polar surface area (TPSA) is 118 Å². The second-order valence-electron chi connectivity index (χ2n) is 3.29. The minimum absolute atomic E-state index is 0.0475. The average molecular weight is 224 g/mol. The van der Waals surface area contributed by atoms with Crippen molar-refractivity contribution >= 4 is 11.8 Å². The predicted octanol–water partition coefficient (Wildman–Crippen LogP) is -1.40. The van der Waals surface area contributed by atoms with Crippen LogP contribution in [0.15, 0.2) is 4.79 Å². The SMILES string of the molecule is Cc1n[nH]c(=O)c(C(=O)NCC(N)=O)c1C. The Morgan fingerprint density at radius 1 is 1.44 bits per heavy atom. The number of nitrogens with two attached hydrogens (primary N) is 1. The maximum atomic E-state index is 11.6. The third-order valence-electron chi connectivity index (χ3n) is 2.12. The number of rotatable bonds is 3. The Morgan fingerprint density at radius 2 is 2.06 bits per heavy atom. The van der Waals surface area contributed by atoms with Crippen LogP contribution >= 0.6 is 0 Å². The van der Waals surface area contributed by atoms with Gasteiger partial charge in [0.2, 0.25) is 5.91 Å². The molecular weight excluding hydrogens is 212 g/mol. The molecule has 0 saturated heterocycles. The number of nitrogens with zero attached hydrogens (tertiary/aromatic N) is 1. The van der Waals surface area contributed by atoms with Crippen molar-refractivity contribution in [1.82, 2.24) is 15.5 Å². The number of nitrogens with one attached hydrogen (secondary N) is 2. The zero-order valence-corrected chi connectivity index (χ0v) is 8.96. The summed E-state index contributed by atoms with van der Waals surface area (Å²) >= 11 is 0. The lowest BCUT2D eigenvalue weighted by Crippen LogP contribution is -2.37. The Hall–Kier alpha value is -2.18. The van der Waals surface area contributed by atoms with Gasteiger partial charge in [-0.25, -0.2) is 5.10 Å². The van der Waals surface area contributed by atoms with Gasteiger partial charge in [-0.2, -0.15) is 5.10 Å². The number of H-pyrrole nitrogens is 1. The van der Waals surface area contributed by atoms with Crippen LogP contribution in [-0.2, 0) is 4.79 Å². The van der Waals surface area contributed by atoms with E-state index in [4.69, 9.17) is 5.73 Å². The standard InChI is InChI=1S/C9H12N4O3/c1-4-5(2)12-13-9(16)7(4)8(15)11-3-6(10)14/h3H2,1-2H3,(H2,10,14)(H,11,15)(H,13,16). The number of carbonyl (C=O) groups excluding carboxylic acids is 2. The molecule has 1 aromatic heterocycles. The van der Waals surface area contributed by atoms with Gasteiger partial charge in [0.05, 0.1) is 12.2 Å². The van der Waals surface area contributed by atoms with Crippen LogP contribution in [0.4, 0.5) is 0 Å². The zero-order chi connectivity index (χ0) is 12.3. The number of aryl methyl sites for hydroxylation is 1. The monoisotopic (exact) mass is 224 g/mol. The van der Waals surface area contributed by atoms with E-state index >= 15 is 0 Å². The maximum Gasteiger partial charge on any atom is 0.277 e. The van der Waals surface area contributed by atoms with Gasteiger partial charge in [-0.15, -0.1) is 0 Å². The molecule has 7 nitrogen and oxygen atoms in total. The van der Waals surface area contributed by atoms with Crippen LogP contribution in [0.1, 0.15) is 21.6 Å². The highest BCUT2D eigenvalue weighted by atomic mass is 16.2. The van der Waals surface area contributed by atoms with E-state index in [1.165, 1.54) is 0 Å². The van der Waals surface area contributed by atoms with E-state index < -0.39 is 17.4 Å². The smallest absolute Gasteiger partial charge is 0.277 e. The lowest BCUT2D eigenvalue weighted by Gasteiger charge is -2.06. The Balaban J connectivity index is 3.04. The highest BCUT2D eigenvalue weighted by molar-refractivity contribution is 5.97. The molecule has 7 heteroatoms. The minimum Gasteiger partial charge on any atom is -0.368 e. The summed E-state index contributed by atoms with van der Waals surface area (Å²) in [5.41, 5.74) is 5.26. The van der Waals surface area contributed by atoms with Crippen LogP contribution in [0.2, 0.25) is 0 Å². The van der Waals surface area contributed by atoms with Crippen molar-refractivity contribution in [2.75, 3.05) is 6.54 Å². The van der Waals surface area contributed by atoms with Crippen LogP contribution in [0, 0.1) is 13.8 Å². The molecule has 16 heavy (non-hydrogen) atoms. The van der Waals surface area contributed by atoms with Gasteiger partial charge in [-0.1, -0.05) is 0 Å². The molecule has 1 heterocycles. The van der Waals surface area contributed by atoms with Gasteiger partial charge in [-0.05, 0) is 19.4 Å². The van der Waals surface area contributed by atoms with E-state index in [1.54, 1.807) is 13.8 Å². The molecule has 0 bridgehead atoms. The molecule has 0 fully saturated rings. The summed E-state index contributed by atoms with van der Waals surface area (Å²) in [4.78, 5) is 33.4. The molecule has 4 N–H and O–H groups in total. The number of aromatic amines is 1. The number of hydrogen-bond donors (Lipinski definition) is 3. The summed E-state index contributed by atoms with van der Waals surface area (Å²) in [5.74, 6) is -1.31. The van der Waals surface area contributed by atoms with E-state index in [0.29, 0.717) is 11.3 Å². The van der Waals surface area contributed by atoms with Crippen LogP contribution in [0.5, 0.6) is 0 Å². The number of hydrogen-bond acceptors (Lipinski definition) is 4. The number of amides is 2. The summed E-state index contributed by atoms with van der Waals surface area (Å²) < 4.78 is 0. The normalized spacial score (nSPS) is 9.88. The van der Waals surface area contributed by atoms with Crippen LogP contribution < -0.4 is 16.6 Å². The first-order valence-corrected chi connectivity index (χ1v) is 4.56. The molecule has 0 aliphatic carbocycles. The van der Waals surface area contributed by atoms with Crippen molar-refractivity contribution < 1.29 is 9.59 Å². The molecule has 1 rings (SSSR count). The van der Waals surface area contributed by atoms with Gasteiger partial charge < -0.3 is 11.1 Å². The maximum absolute atomic E-state index is 11.6. The number of carbonyl (C=O) groups is 2. The molecule has 0 saturated carbocycles. The van der Waals surface area contributed by atoms with Crippen LogP contribution in [-0.4, -0.2) is 28.6 Å². The van der Waals surface area contributed by atoms with Gasteiger partial charge in [0.15, 0.2) is 0 Å². The number of primary amides is 1. The molecule has 0 aliphatic rings. The summed E-state index contributed by atoms with van der Waals surface area (Å²) in [7, 11) is 0. The Labute approximate surface area is 91.0 Å². The predicted molar refractivity (Wildman–Crippen MR) is 55.9 cm³/mol. The highest BCUT2D eigenvalue weighted by Gasteiger charge is 2.15. The van der Waals surface area contributed by atoms with Crippen molar-refractivity contribution in [3.63, 3.8) is 0 Å². The van der Waals surface area contributed by atoms with Gasteiger partial charge >= 0.3 is 0 Å². The molecular formula is C9H12N4O3. The van der Waals surface area contributed by atoms with Gasteiger partial charge in [-0.3, -0.25) is 14.4 Å². The fraction of sp³-hybridized carbons (Fsp3) is 0.333. The van der Waals surface area contributed by atoms with E-state index in [-0.39, 0.29) is 12.1 Å². The summed E-state index contributed by atoms with van der Waals surface area (Å²) in [6.45, 7) is 2.96. The first-order chi connectivity index (χ1) is 7.43. The van der Waals surface area contributed by atoms with Crippen molar-refractivity contribution in [1.29, 1.82) is 0 Å². The van der Waals surface area contributed by atoms with Gasteiger partial charge in [0.25, 0.3) is 11.5 Å². The Bertz CT molecular complexity index is 492. The van der Waals surface area contributed by atoms with Gasteiger partial charge in [0, 0.05) is 0 Å². The fourth-order valence-electron chi connectivity index (χ4n) is 1.15. The van der Waals surface area contributed by atoms with E-state index in [2.05, 4.69) is 15.5 Å². The third-order valence-corrected chi connectivity index (χ3v) is 2.12. The molecule has 1 aromatic rings. The van der Waals surface area contributed by atoms with Gasteiger partial charge in [0.1, 0.15) is 5.56 Å². The molecule has 0 unspecified atom stereocenters. The first-order valence-electron chi connectivity index (χ1n) is 4.56.